The molecule has 0 spiro atoms. The summed E-state index contributed by atoms with van der Waals surface area (Å²) in [7, 11) is 0. The van der Waals surface area contributed by atoms with E-state index in [0.717, 1.165) is 29.7 Å². The molecule has 1 N–H and O–H groups in total. The van der Waals surface area contributed by atoms with Crippen LogP contribution < -0.4 is 10.1 Å². The third-order valence-electron chi connectivity index (χ3n) is 4.12. The molecule has 1 aromatic carbocycles. The number of ether oxygens (including phenoxy) is 2. The minimum Gasteiger partial charge on any atom is -0.490 e. The highest BCUT2D eigenvalue weighted by Gasteiger charge is 2.28. The SMILES string of the molecule is CCOC(=O)c1c(NC(=O)c2ccccc2OC(C)C)sc2c1CCC2. The van der Waals surface area contributed by atoms with E-state index in [0.29, 0.717) is 28.5 Å². The van der Waals surface area contributed by atoms with Crippen LogP contribution >= 0.6 is 11.3 Å². The van der Waals surface area contributed by atoms with E-state index in [4.69, 9.17) is 9.47 Å². The molecule has 1 aliphatic carbocycles. The number of aryl methyl sites for hydroxylation is 1. The zero-order chi connectivity index (χ0) is 18.7. The second-order valence-corrected chi connectivity index (χ2v) is 7.50. The van der Waals surface area contributed by atoms with E-state index in [-0.39, 0.29) is 18.0 Å². The zero-order valence-corrected chi connectivity index (χ0v) is 16.1. The van der Waals surface area contributed by atoms with Gasteiger partial charge in [-0.2, -0.15) is 0 Å². The average molecular weight is 373 g/mol. The van der Waals surface area contributed by atoms with Crippen molar-refractivity contribution in [2.75, 3.05) is 11.9 Å². The minimum atomic E-state index is -0.367. The van der Waals surface area contributed by atoms with Crippen molar-refractivity contribution in [3.05, 3.63) is 45.8 Å². The number of rotatable bonds is 6. The quantitative estimate of drug-likeness (QED) is 0.760. The lowest BCUT2D eigenvalue weighted by atomic mass is 10.1. The molecule has 138 valence electrons. The molecule has 0 fully saturated rings. The molecular formula is C20H23NO4S. The monoisotopic (exact) mass is 373 g/mol. The predicted molar refractivity (Wildman–Crippen MR) is 102 cm³/mol. The molecule has 1 heterocycles. The zero-order valence-electron chi connectivity index (χ0n) is 15.3. The topological polar surface area (TPSA) is 64.6 Å². The number of benzene rings is 1. The van der Waals surface area contributed by atoms with Gasteiger partial charge >= 0.3 is 5.97 Å². The number of para-hydroxylation sites is 1. The molecule has 1 aliphatic rings. The second kappa shape index (κ2) is 7.91. The number of hydrogen-bond acceptors (Lipinski definition) is 5. The lowest BCUT2D eigenvalue weighted by Gasteiger charge is -2.14. The Hall–Kier alpha value is -2.34. The van der Waals surface area contributed by atoms with Crippen molar-refractivity contribution in [2.24, 2.45) is 0 Å². The molecular weight excluding hydrogens is 350 g/mol. The molecule has 26 heavy (non-hydrogen) atoms. The summed E-state index contributed by atoms with van der Waals surface area (Å²) in [5.41, 5.74) is 1.99. The van der Waals surface area contributed by atoms with Gasteiger partial charge in [0, 0.05) is 4.88 Å². The maximum Gasteiger partial charge on any atom is 0.341 e. The maximum atomic E-state index is 12.8. The molecule has 5 nitrogen and oxygen atoms in total. The molecule has 3 rings (SSSR count). The van der Waals surface area contributed by atoms with E-state index < -0.39 is 0 Å². The largest absolute Gasteiger partial charge is 0.490 e. The molecule has 0 saturated heterocycles. The summed E-state index contributed by atoms with van der Waals surface area (Å²) in [6.45, 7) is 5.92. The van der Waals surface area contributed by atoms with Crippen LogP contribution in [0.25, 0.3) is 0 Å². The van der Waals surface area contributed by atoms with Crippen LogP contribution in [-0.4, -0.2) is 24.6 Å². The number of carbonyl (C=O) groups excluding carboxylic acids is 2. The van der Waals surface area contributed by atoms with Crippen molar-refractivity contribution >= 4 is 28.2 Å². The molecule has 2 aromatic rings. The summed E-state index contributed by atoms with van der Waals surface area (Å²) in [5, 5.41) is 3.48. The first kappa shape index (κ1) is 18.5. The van der Waals surface area contributed by atoms with E-state index in [2.05, 4.69) is 5.32 Å². The van der Waals surface area contributed by atoms with Crippen molar-refractivity contribution in [3.8, 4) is 5.75 Å². The average Bonchev–Trinajstić information content (AvgIpc) is 3.15. The predicted octanol–water partition coefficient (Wildman–Crippen LogP) is 4.45. The molecule has 0 atom stereocenters. The van der Waals surface area contributed by atoms with Gasteiger partial charge in [-0.1, -0.05) is 12.1 Å². The van der Waals surface area contributed by atoms with E-state index in [1.54, 1.807) is 25.1 Å². The van der Waals surface area contributed by atoms with Gasteiger partial charge in [-0.3, -0.25) is 4.79 Å². The van der Waals surface area contributed by atoms with Crippen molar-refractivity contribution in [1.29, 1.82) is 0 Å². The van der Waals surface area contributed by atoms with Gasteiger partial charge in [-0.25, -0.2) is 4.79 Å². The molecule has 6 heteroatoms. The van der Waals surface area contributed by atoms with E-state index in [1.165, 1.54) is 11.3 Å². The van der Waals surface area contributed by atoms with Gasteiger partial charge in [0.1, 0.15) is 10.8 Å². The van der Waals surface area contributed by atoms with Gasteiger partial charge in [-0.05, 0) is 57.7 Å². The van der Waals surface area contributed by atoms with E-state index >= 15 is 0 Å². The Balaban J connectivity index is 1.90. The van der Waals surface area contributed by atoms with Crippen LogP contribution in [0.4, 0.5) is 5.00 Å². The maximum absolute atomic E-state index is 12.8. The number of thiophene rings is 1. The van der Waals surface area contributed by atoms with E-state index in [9.17, 15) is 9.59 Å². The van der Waals surface area contributed by atoms with Gasteiger partial charge in [0.15, 0.2) is 0 Å². The number of amides is 1. The van der Waals surface area contributed by atoms with Crippen LogP contribution in [0.2, 0.25) is 0 Å². The standard InChI is InChI=1S/C20H23NO4S/c1-4-24-20(23)17-14-9-7-11-16(14)26-19(17)21-18(22)13-8-5-6-10-15(13)25-12(2)3/h5-6,8,10,12H,4,7,9,11H2,1-3H3,(H,21,22). The molecule has 0 radical (unpaired) electrons. The Morgan fingerprint density at radius 2 is 2.00 bits per heavy atom. The lowest BCUT2D eigenvalue weighted by Crippen LogP contribution is -2.17. The third-order valence-corrected chi connectivity index (χ3v) is 5.33. The Morgan fingerprint density at radius 3 is 2.73 bits per heavy atom. The first-order chi connectivity index (χ1) is 12.5. The van der Waals surface area contributed by atoms with E-state index in [1.807, 2.05) is 19.9 Å². The molecule has 0 bridgehead atoms. The number of carbonyl (C=O) groups is 2. The highest BCUT2D eigenvalue weighted by Crippen LogP contribution is 2.40. The smallest absolute Gasteiger partial charge is 0.341 e. The number of fused-ring (bicyclic) bond motifs is 1. The highest BCUT2D eigenvalue weighted by molar-refractivity contribution is 7.17. The molecule has 1 aromatic heterocycles. The summed E-state index contributed by atoms with van der Waals surface area (Å²) in [5.74, 6) is -0.123. The molecule has 0 aliphatic heterocycles. The normalized spacial score (nSPS) is 12.8. The highest BCUT2D eigenvalue weighted by atomic mass is 32.1. The number of hydrogen-bond donors (Lipinski definition) is 1. The van der Waals surface area contributed by atoms with Crippen LogP contribution in [0, 0.1) is 0 Å². The Kier molecular flexibility index (Phi) is 5.61. The fourth-order valence-corrected chi connectivity index (χ4v) is 4.37. The van der Waals surface area contributed by atoms with Gasteiger partial charge in [0.2, 0.25) is 0 Å². The third kappa shape index (κ3) is 3.75. The first-order valence-corrected chi connectivity index (χ1v) is 9.71. The van der Waals surface area contributed by atoms with Gasteiger partial charge < -0.3 is 14.8 Å². The Morgan fingerprint density at radius 1 is 1.23 bits per heavy atom. The van der Waals surface area contributed by atoms with Gasteiger partial charge in [0.25, 0.3) is 5.91 Å². The van der Waals surface area contributed by atoms with Crippen molar-refractivity contribution in [2.45, 2.75) is 46.1 Å². The van der Waals surface area contributed by atoms with Crippen LogP contribution in [0.1, 0.15) is 58.3 Å². The fraction of sp³-hybridized carbons (Fsp3) is 0.400. The summed E-state index contributed by atoms with van der Waals surface area (Å²) in [6.07, 6.45) is 2.79. The minimum absolute atomic E-state index is 0.0374. The number of anilines is 1. The first-order valence-electron chi connectivity index (χ1n) is 8.90. The van der Waals surface area contributed by atoms with Crippen molar-refractivity contribution < 1.29 is 19.1 Å². The molecule has 0 saturated carbocycles. The van der Waals surface area contributed by atoms with Crippen LogP contribution in [0.15, 0.2) is 24.3 Å². The van der Waals surface area contributed by atoms with Crippen LogP contribution in [0.3, 0.4) is 0 Å². The van der Waals surface area contributed by atoms with Crippen LogP contribution in [-0.2, 0) is 17.6 Å². The van der Waals surface area contributed by atoms with Crippen molar-refractivity contribution in [3.63, 3.8) is 0 Å². The summed E-state index contributed by atoms with van der Waals surface area (Å²) >= 11 is 1.47. The summed E-state index contributed by atoms with van der Waals surface area (Å²) < 4.78 is 10.9. The Bertz CT molecular complexity index is 825. The molecule has 1 amide bonds. The molecule has 0 unspecified atom stereocenters. The number of esters is 1. The number of nitrogens with one attached hydrogen (secondary N) is 1. The van der Waals surface area contributed by atoms with Gasteiger partial charge in [0.05, 0.1) is 23.8 Å². The fourth-order valence-electron chi connectivity index (χ4n) is 3.09. The Labute approximate surface area is 157 Å². The van der Waals surface area contributed by atoms with Gasteiger partial charge in [-0.15, -0.1) is 11.3 Å². The second-order valence-electron chi connectivity index (χ2n) is 6.40. The summed E-state index contributed by atoms with van der Waals surface area (Å²) in [4.78, 5) is 26.4. The lowest BCUT2D eigenvalue weighted by molar-refractivity contribution is 0.0527. The van der Waals surface area contributed by atoms with Crippen molar-refractivity contribution in [1.82, 2.24) is 0 Å². The van der Waals surface area contributed by atoms with Crippen LogP contribution in [0.5, 0.6) is 5.75 Å². The summed E-state index contributed by atoms with van der Waals surface area (Å²) in [6, 6.07) is 7.12.